The van der Waals surface area contributed by atoms with Gasteiger partial charge in [0.05, 0.1) is 6.61 Å². The number of nitrogens with zero attached hydrogens (tertiary/aromatic N) is 2. The van der Waals surface area contributed by atoms with E-state index < -0.39 is 0 Å². The van der Waals surface area contributed by atoms with Crippen molar-refractivity contribution in [1.82, 2.24) is 9.97 Å². The van der Waals surface area contributed by atoms with Crippen LogP contribution in [0.4, 0.5) is 5.82 Å². The quantitative estimate of drug-likeness (QED) is 0.722. The van der Waals surface area contributed by atoms with Crippen molar-refractivity contribution in [1.29, 1.82) is 0 Å². The summed E-state index contributed by atoms with van der Waals surface area (Å²) in [4.78, 5) is 8.70. The van der Waals surface area contributed by atoms with Crippen LogP contribution in [0.25, 0.3) is 0 Å². The number of aromatic nitrogens is 2. The maximum atomic E-state index is 5.55. The molecule has 0 fully saturated rings. The highest BCUT2D eigenvalue weighted by molar-refractivity contribution is 5.35. The van der Waals surface area contributed by atoms with Crippen LogP contribution in [0.3, 0.4) is 0 Å². The summed E-state index contributed by atoms with van der Waals surface area (Å²) in [6.07, 6.45) is 2.05. The maximum Gasteiger partial charge on any atom is 0.130 e. The van der Waals surface area contributed by atoms with E-state index in [4.69, 9.17) is 4.74 Å². The van der Waals surface area contributed by atoms with E-state index in [1.165, 1.54) is 0 Å². The summed E-state index contributed by atoms with van der Waals surface area (Å²) in [5, 5.41) is 3.27. The molecule has 1 aromatic rings. The molecule has 0 aliphatic rings. The Morgan fingerprint density at radius 2 is 2.06 bits per heavy atom. The summed E-state index contributed by atoms with van der Waals surface area (Å²) >= 11 is 0. The Labute approximate surface area is 110 Å². The number of ether oxygens (including phenoxy) is 1. The number of hydrogen-bond donors (Lipinski definition) is 1. The van der Waals surface area contributed by atoms with Crippen LogP contribution >= 0.6 is 0 Å². The average Bonchev–Trinajstić information content (AvgIpc) is 2.32. The zero-order valence-corrected chi connectivity index (χ0v) is 12.0. The first kappa shape index (κ1) is 14.9. The normalized spacial score (nSPS) is 10.9. The van der Waals surface area contributed by atoms with E-state index in [9.17, 15) is 0 Å². The molecule has 0 amide bonds. The van der Waals surface area contributed by atoms with Gasteiger partial charge in [-0.15, -0.1) is 0 Å². The minimum absolute atomic E-state index is 0.703. The predicted octanol–water partition coefficient (Wildman–Crippen LogP) is 2.82. The van der Waals surface area contributed by atoms with Gasteiger partial charge in [-0.25, -0.2) is 9.97 Å². The lowest BCUT2D eigenvalue weighted by Gasteiger charge is -2.09. The van der Waals surface area contributed by atoms with Gasteiger partial charge in [0.1, 0.15) is 11.6 Å². The van der Waals surface area contributed by atoms with E-state index in [2.05, 4.69) is 36.1 Å². The Morgan fingerprint density at radius 1 is 1.28 bits per heavy atom. The zero-order valence-electron chi connectivity index (χ0n) is 12.0. The molecule has 1 heterocycles. The van der Waals surface area contributed by atoms with Crippen LogP contribution in [-0.2, 0) is 11.2 Å². The van der Waals surface area contributed by atoms with Crippen molar-refractivity contribution < 1.29 is 4.74 Å². The van der Waals surface area contributed by atoms with Crippen molar-refractivity contribution >= 4 is 5.82 Å². The molecule has 0 unspecified atom stereocenters. The molecule has 102 valence electrons. The molecule has 0 bridgehead atoms. The lowest BCUT2D eigenvalue weighted by atomic mass is 10.1. The second-order valence-electron chi connectivity index (χ2n) is 4.87. The first-order valence-corrected chi connectivity index (χ1v) is 6.78. The molecule has 0 aliphatic heterocycles. The Balaban J connectivity index is 2.24. The summed E-state index contributed by atoms with van der Waals surface area (Å²) in [6, 6.07) is 2.00. The van der Waals surface area contributed by atoms with Gasteiger partial charge >= 0.3 is 0 Å². The Hall–Kier alpha value is -1.16. The molecule has 0 aliphatic carbocycles. The van der Waals surface area contributed by atoms with Crippen LogP contribution in [0, 0.1) is 12.8 Å². The second-order valence-corrected chi connectivity index (χ2v) is 4.87. The predicted molar refractivity (Wildman–Crippen MR) is 74.9 cm³/mol. The highest BCUT2D eigenvalue weighted by Crippen LogP contribution is 2.06. The van der Waals surface area contributed by atoms with Gasteiger partial charge in [-0.1, -0.05) is 20.8 Å². The second kappa shape index (κ2) is 8.03. The molecule has 1 rings (SSSR count). The number of rotatable bonds is 8. The number of nitrogens with one attached hydrogen (secondary N) is 1. The topological polar surface area (TPSA) is 47.0 Å². The first-order chi connectivity index (χ1) is 8.61. The van der Waals surface area contributed by atoms with Crippen molar-refractivity contribution in [2.45, 2.75) is 40.5 Å². The van der Waals surface area contributed by atoms with Gasteiger partial charge in [-0.3, -0.25) is 0 Å². The van der Waals surface area contributed by atoms with Crippen molar-refractivity contribution in [2.24, 2.45) is 5.92 Å². The van der Waals surface area contributed by atoms with Crippen LogP contribution in [0.5, 0.6) is 0 Å². The third kappa shape index (κ3) is 5.96. The molecule has 1 N–H and O–H groups in total. The molecule has 4 nitrogen and oxygen atoms in total. The van der Waals surface area contributed by atoms with Gasteiger partial charge in [0.15, 0.2) is 0 Å². The van der Waals surface area contributed by atoms with E-state index >= 15 is 0 Å². The monoisotopic (exact) mass is 251 g/mol. The molecule has 0 saturated heterocycles. The highest BCUT2D eigenvalue weighted by atomic mass is 16.5. The highest BCUT2D eigenvalue weighted by Gasteiger charge is 2.00. The fourth-order valence-electron chi connectivity index (χ4n) is 1.57. The van der Waals surface area contributed by atoms with E-state index in [0.717, 1.165) is 49.9 Å². The standard InChI is InChI=1S/C14H25N3O/c1-5-13-10-14(17-12(4)16-13)15-7-9-18-8-6-11(2)3/h10-11H,5-9H2,1-4H3,(H,15,16,17). The minimum Gasteiger partial charge on any atom is -0.380 e. The van der Waals surface area contributed by atoms with Crippen LogP contribution in [0.2, 0.25) is 0 Å². The summed E-state index contributed by atoms with van der Waals surface area (Å²) in [7, 11) is 0. The van der Waals surface area contributed by atoms with Crippen LogP contribution in [0.1, 0.15) is 38.7 Å². The van der Waals surface area contributed by atoms with E-state index in [1.54, 1.807) is 0 Å². The summed E-state index contributed by atoms with van der Waals surface area (Å²) in [5.74, 6) is 2.42. The number of hydrogen-bond acceptors (Lipinski definition) is 4. The van der Waals surface area contributed by atoms with E-state index in [0.29, 0.717) is 5.92 Å². The van der Waals surface area contributed by atoms with Gasteiger partial charge in [-0.05, 0) is 25.7 Å². The minimum atomic E-state index is 0.703. The fraction of sp³-hybridized carbons (Fsp3) is 0.714. The fourth-order valence-corrected chi connectivity index (χ4v) is 1.57. The molecule has 0 radical (unpaired) electrons. The molecule has 0 saturated carbocycles. The van der Waals surface area contributed by atoms with Crippen molar-refractivity contribution in [3.63, 3.8) is 0 Å². The van der Waals surface area contributed by atoms with Crippen molar-refractivity contribution in [3.05, 3.63) is 17.6 Å². The summed E-state index contributed by atoms with van der Waals surface area (Å²) in [5.41, 5.74) is 1.07. The van der Waals surface area contributed by atoms with Crippen molar-refractivity contribution in [2.75, 3.05) is 25.1 Å². The van der Waals surface area contributed by atoms with Gasteiger partial charge in [0, 0.05) is 24.9 Å². The first-order valence-electron chi connectivity index (χ1n) is 6.78. The molecular formula is C14H25N3O. The van der Waals surface area contributed by atoms with Gasteiger partial charge in [0.25, 0.3) is 0 Å². The zero-order chi connectivity index (χ0) is 13.4. The Bertz CT molecular complexity index is 353. The van der Waals surface area contributed by atoms with E-state index in [-0.39, 0.29) is 0 Å². The maximum absolute atomic E-state index is 5.55. The molecule has 0 atom stereocenters. The van der Waals surface area contributed by atoms with E-state index in [1.807, 2.05) is 13.0 Å². The third-order valence-corrected chi connectivity index (χ3v) is 2.65. The summed E-state index contributed by atoms with van der Waals surface area (Å²) < 4.78 is 5.55. The number of anilines is 1. The van der Waals surface area contributed by atoms with Gasteiger partial charge in [-0.2, -0.15) is 0 Å². The lowest BCUT2D eigenvalue weighted by molar-refractivity contribution is 0.132. The molecule has 0 spiro atoms. The van der Waals surface area contributed by atoms with Crippen molar-refractivity contribution in [3.8, 4) is 0 Å². The van der Waals surface area contributed by atoms with Gasteiger partial charge < -0.3 is 10.1 Å². The van der Waals surface area contributed by atoms with Crippen LogP contribution in [-0.4, -0.2) is 29.7 Å². The molecule has 0 aromatic carbocycles. The molecular weight excluding hydrogens is 226 g/mol. The van der Waals surface area contributed by atoms with Crippen LogP contribution in [0.15, 0.2) is 6.07 Å². The molecule has 1 aromatic heterocycles. The largest absolute Gasteiger partial charge is 0.380 e. The van der Waals surface area contributed by atoms with Gasteiger partial charge in [0.2, 0.25) is 0 Å². The smallest absolute Gasteiger partial charge is 0.130 e. The molecule has 18 heavy (non-hydrogen) atoms. The third-order valence-electron chi connectivity index (χ3n) is 2.65. The number of aryl methyl sites for hydroxylation is 2. The SMILES string of the molecule is CCc1cc(NCCOCCC(C)C)nc(C)n1. The van der Waals surface area contributed by atoms with Crippen LogP contribution < -0.4 is 5.32 Å². The Kier molecular flexibility index (Phi) is 6.65. The molecule has 4 heteroatoms. The average molecular weight is 251 g/mol. The Morgan fingerprint density at radius 3 is 2.72 bits per heavy atom. The lowest BCUT2D eigenvalue weighted by Crippen LogP contribution is -2.12. The summed E-state index contributed by atoms with van der Waals surface area (Å²) in [6.45, 7) is 10.8.